The molecule has 0 radical (unpaired) electrons. The SMILES string of the molecule is NC(CN1C(=O)CCCc2cc([N+](=O)[O-])ccc21)C(=O)O. The second-order valence-corrected chi connectivity index (χ2v) is 4.87. The molecule has 0 aromatic heterocycles. The Morgan fingerprint density at radius 1 is 1.48 bits per heavy atom. The van der Waals surface area contributed by atoms with E-state index in [1.165, 1.54) is 23.1 Å². The maximum absolute atomic E-state index is 12.1. The van der Waals surface area contributed by atoms with Gasteiger partial charge in [-0.25, -0.2) is 0 Å². The number of benzene rings is 1. The fourth-order valence-corrected chi connectivity index (χ4v) is 2.32. The topological polar surface area (TPSA) is 127 Å². The number of anilines is 1. The van der Waals surface area contributed by atoms with Crippen LogP contribution in [0.25, 0.3) is 0 Å². The second kappa shape index (κ2) is 5.88. The number of nitrogens with zero attached hydrogens (tertiary/aromatic N) is 2. The lowest BCUT2D eigenvalue weighted by molar-refractivity contribution is -0.384. The molecule has 21 heavy (non-hydrogen) atoms. The maximum atomic E-state index is 12.1. The Labute approximate surface area is 120 Å². The minimum atomic E-state index is -1.20. The van der Waals surface area contributed by atoms with Crippen LogP contribution >= 0.6 is 0 Å². The van der Waals surface area contributed by atoms with E-state index in [4.69, 9.17) is 10.8 Å². The number of fused-ring (bicyclic) bond motifs is 1. The monoisotopic (exact) mass is 293 g/mol. The van der Waals surface area contributed by atoms with Crippen molar-refractivity contribution >= 4 is 23.3 Å². The Hall–Kier alpha value is -2.48. The summed E-state index contributed by atoms with van der Waals surface area (Å²) in [6, 6.07) is 3.00. The van der Waals surface area contributed by atoms with E-state index in [0.717, 1.165) is 0 Å². The van der Waals surface area contributed by atoms with Crippen molar-refractivity contribution < 1.29 is 19.6 Å². The van der Waals surface area contributed by atoms with Crippen molar-refractivity contribution in [2.75, 3.05) is 11.4 Å². The zero-order valence-electron chi connectivity index (χ0n) is 11.2. The van der Waals surface area contributed by atoms with Gasteiger partial charge in [-0.2, -0.15) is 0 Å². The molecule has 0 saturated heterocycles. The number of nitro benzene ring substituents is 1. The molecule has 1 unspecified atom stereocenters. The van der Waals surface area contributed by atoms with Gasteiger partial charge in [0.05, 0.1) is 11.5 Å². The van der Waals surface area contributed by atoms with E-state index < -0.39 is 16.9 Å². The first-order chi connectivity index (χ1) is 9.90. The molecule has 0 aliphatic carbocycles. The van der Waals surface area contributed by atoms with E-state index in [2.05, 4.69) is 0 Å². The quantitative estimate of drug-likeness (QED) is 0.620. The average Bonchev–Trinajstić information content (AvgIpc) is 2.58. The van der Waals surface area contributed by atoms with Crippen LogP contribution in [0.1, 0.15) is 18.4 Å². The molecule has 1 heterocycles. The minimum absolute atomic E-state index is 0.0504. The molecule has 1 atom stereocenters. The molecule has 1 aliphatic rings. The average molecular weight is 293 g/mol. The van der Waals surface area contributed by atoms with Crippen molar-refractivity contribution in [1.29, 1.82) is 0 Å². The predicted molar refractivity (Wildman–Crippen MR) is 74.0 cm³/mol. The summed E-state index contributed by atoms with van der Waals surface area (Å²) < 4.78 is 0. The van der Waals surface area contributed by atoms with Gasteiger partial charge in [0.15, 0.2) is 0 Å². The summed E-state index contributed by atoms with van der Waals surface area (Å²) in [6.07, 6.45) is 1.35. The molecular formula is C13H15N3O5. The number of hydrogen-bond acceptors (Lipinski definition) is 5. The number of carboxylic acid groups (broad SMARTS) is 1. The van der Waals surface area contributed by atoms with Crippen molar-refractivity contribution in [3.05, 3.63) is 33.9 Å². The van der Waals surface area contributed by atoms with E-state index in [-0.39, 0.29) is 24.6 Å². The molecule has 1 aliphatic heterocycles. The third kappa shape index (κ3) is 3.16. The molecule has 0 spiro atoms. The third-order valence-electron chi connectivity index (χ3n) is 3.40. The highest BCUT2D eigenvalue weighted by atomic mass is 16.6. The molecule has 0 saturated carbocycles. The molecule has 8 heteroatoms. The summed E-state index contributed by atoms with van der Waals surface area (Å²) in [5, 5.41) is 19.7. The number of carbonyl (C=O) groups excluding carboxylic acids is 1. The van der Waals surface area contributed by atoms with E-state index in [0.29, 0.717) is 24.1 Å². The van der Waals surface area contributed by atoms with Gasteiger partial charge in [-0.3, -0.25) is 19.7 Å². The number of rotatable bonds is 4. The van der Waals surface area contributed by atoms with Crippen LogP contribution in [-0.2, 0) is 16.0 Å². The molecule has 0 fully saturated rings. The number of aryl methyl sites for hydroxylation is 1. The Kier molecular flexibility index (Phi) is 4.18. The molecule has 0 bridgehead atoms. The predicted octanol–water partition coefficient (Wildman–Crippen LogP) is 0.676. The zero-order chi connectivity index (χ0) is 15.6. The largest absolute Gasteiger partial charge is 0.480 e. The Morgan fingerprint density at radius 3 is 2.81 bits per heavy atom. The fraction of sp³-hybridized carbons (Fsp3) is 0.385. The lowest BCUT2D eigenvalue weighted by atomic mass is 10.1. The summed E-state index contributed by atoms with van der Waals surface area (Å²) in [7, 11) is 0. The molecule has 1 aromatic carbocycles. The molecule has 8 nitrogen and oxygen atoms in total. The fourth-order valence-electron chi connectivity index (χ4n) is 2.32. The summed E-state index contributed by atoms with van der Waals surface area (Å²) in [5.41, 5.74) is 6.60. The number of carbonyl (C=O) groups is 2. The first-order valence-corrected chi connectivity index (χ1v) is 6.46. The van der Waals surface area contributed by atoms with Crippen LogP contribution in [0.5, 0.6) is 0 Å². The van der Waals surface area contributed by atoms with E-state index in [1.54, 1.807) is 0 Å². The highest BCUT2D eigenvalue weighted by Crippen LogP contribution is 2.30. The highest BCUT2D eigenvalue weighted by molar-refractivity contribution is 5.96. The maximum Gasteiger partial charge on any atom is 0.322 e. The lowest BCUT2D eigenvalue weighted by Crippen LogP contribution is -2.45. The normalized spacial score (nSPS) is 16.0. The van der Waals surface area contributed by atoms with Crippen molar-refractivity contribution in [3.63, 3.8) is 0 Å². The number of nitro groups is 1. The van der Waals surface area contributed by atoms with Gasteiger partial charge in [-0.1, -0.05) is 0 Å². The van der Waals surface area contributed by atoms with Gasteiger partial charge in [0.25, 0.3) is 5.69 Å². The summed E-state index contributed by atoms with van der Waals surface area (Å²) in [5.74, 6) is -1.42. The van der Waals surface area contributed by atoms with Gasteiger partial charge in [-0.15, -0.1) is 0 Å². The summed E-state index contributed by atoms with van der Waals surface area (Å²) >= 11 is 0. The standard InChI is InChI=1S/C13H15N3O5/c14-10(13(18)19)7-15-11-5-4-9(16(20)21)6-8(11)2-1-3-12(15)17/h4-6,10H,1-3,7,14H2,(H,18,19). The van der Waals surface area contributed by atoms with E-state index >= 15 is 0 Å². The first-order valence-electron chi connectivity index (χ1n) is 6.46. The number of hydrogen-bond donors (Lipinski definition) is 2. The van der Waals surface area contributed by atoms with Crippen LogP contribution in [0, 0.1) is 10.1 Å². The van der Waals surface area contributed by atoms with Crippen molar-refractivity contribution in [2.24, 2.45) is 5.73 Å². The highest BCUT2D eigenvalue weighted by Gasteiger charge is 2.27. The Bertz CT molecular complexity index is 601. The third-order valence-corrected chi connectivity index (χ3v) is 3.40. The van der Waals surface area contributed by atoms with Crippen molar-refractivity contribution in [2.45, 2.75) is 25.3 Å². The number of aliphatic carboxylic acids is 1. The van der Waals surface area contributed by atoms with Crippen LogP contribution in [-0.4, -0.2) is 34.5 Å². The second-order valence-electron chi connectivity index (χ2n) is 4.87. The smallest absolute Gasteiger partial charge is 0.322 e. The van der Waals surface area contributed by atoms with Gasteiger partial charge >= 0.3 is 5.97 Å². The molecular weight excluding hydrogens is 278 g/mol. The molecule has 112 valence electrons. The van der Waals surface area contributed by atoms with Crippen molar-refractivity contribution in [3.8, 4) is 0 Å². The molecule has 3 N–H and O–H groups in total. The first kappa shape index (κ1) is 14.9. The van der Waals surface area contributed by atoms with Crippen LogP contribution in [0.4, 0.5) is 11.4 Å². The molecule has 1 aromatic rings. The van der Waals surface area contributed by atoms with Crippen LogP contribution in [0.15, 0.2) is 18.2 Å². The van der Waals surface area contributed by atoms with Gasteiger partial charge in [0.2, 0.25) is 5.91 Å². The van der Waals surface area contributed by atoms with Gasteiger partial charge in [0.1, 0.15) is 6.04 Å². The number of nitrogens with two attached hydrogens (primary N) is 1. The zero-order valence-corrected chi connectivity index (χ0v) is 11.2. The van der Waals surface area contributed by atoms with E-state index in [1.807, 2.05) is 0 Å². The van der Waals surface area contributed by atoms with Crippen LogP contribution in [0.3, 0.4) is 0 Å². The van der Waals surface area contributed by atoms with E-state index in [9.17, 15) is 19.7 Å². The lowest BCUT2D eigenvalue weighted by Gasteiger charge is -2.24. The van der Waals surface area contributed by atoms with Gasteiger partial charge in [0, 0.05) is 24.2 Å². The van der Waals surface area contributed by atoms with Gasteiger partial charge in [-0.05, 0) is 24.5 Å². The molecule has 1 amide bonds. The van der Waals surface area contributed by atoms with Crippen molar-refractivity contribution in [1.82, 2.24) is 0 Å². The number of amides is 1. The summed E-state index contributed by atoms with van der Waals surface area (Å²) in [4.78, 5) is 34.6. The van der Waals surface area contributed by atoms with Crippen LogP contribution in [0.2, 0.25) is 0 Å². The van der Waals surface area contributed by atoms with Crippen LogP contribution < -0.4 is 10.6 Å². The van der Waals surface area contributed by atoms with Gasteiger partial charge < -0.3 is 15.7 Å². The number of carboxylic acids is 1. The Morgan fingerprint density at radius 2 is 2.19 bits per heavy atom. The number of non-ortho nitro benzene ring substituents is 1. The summed E-state index contributed by atoms with van der Waals surface area (Å²) in [6.45, 7) is -0.154. The molecule has 2 rings (SSSR count). The Balaban J connectivity index is 2.39. The minimum Gasteiger partial charge on any atom is -0.480 e.